The normalized spacial score (nSPS) is 20.1. The summed E-state index contributed by atoms with van der Waals surface area (Å²) >= 11 is 0. The molecule has 3 atom stereocenters. The topological polar surface area (TPSA) is 46.2 Å². The van der Waals surface area contributed by atoms with Crippen LogP contribution < -0.4 is 9.47 Å². The average Bonchev–Trinajstić information content (AvgIpc) is 3.26. The third kappa shape index (κ3) is 6.07. The molecule has 2 aromatic carbocycles. The zero-order chi connectivity index (χ0) is 20.5. The zero-order valence-electron chi connectivity index (χ0n) is 17.4. The highest BCUT2D eigenvalue weighted by Crippen LogP contribution is 2.32. The van der Waals surface area contributed by atoms with Gasteiger partial charge in [-0.2, -0.15) is 0 Å². The first kappa shape index (κ1) is 21.4. The quantitative estimate of drug-likeness (QED) is 0.420. The molecule has 0 radical (unpaired) electrons. The van der Waals surface area contributed by atoms with E-state index < -0.39 is 0 Å². The summed E-state index contributed by atoms with van der Waals surface area (Å²) in [5, 5.41) is 0. The van der Waals surface area contributed by atoms with E-state index in [1.54, 1.807) is 14.2 Å². The van der Waals surface area contributed by atoms with Crippen LogP contribution in [-0.2, 0) is 20.8 Å². The fraction of sp³-hybridized carbons (Fsp3) is 0.417. The first-order valence-electron chi connectivity index (χ1n) is 10.0. The molecule has 1 fully saturated rings. The summed E-state index contributed by atoms with van der Waals surface area (Å²) in [5.41, 5.74) is 2.14. The zero-order valence-corrected chi connectivity index (χ0v) is 17.4. The van der Waals surface area contributed by atoms with E-state index in [1.807, 2.05) is 48.5 Å². The van der Waals surface area contributed by atoms with Crippen molar-refractivity contribution in [1.82, 2.24) is 0 Å². The van der Waals surface area contributed by atoms with E-state index in [4.69, 9.17) is 23.7 Å². The molecule has 1 aliphatic heterocycles. The maximum Gasteiger partial charge on any atom is 0.184 e. The Morgan fingerprint density at radius 1 is 1.00 bits per heavy atom. The monoisotopic (exact) mass is 398 g/mol. The molecule has 1 unspecified atom stereocenters. The lowest BCUT2D eigenvalue weighted by Crippen LogP contribution is -2.20. The van der Waals surface area contributed by atoms with Crippen LogP contribution in [0.1, 0.15) is 30.8 Å². The minimum atomic E-state index is -0.320. The third-order valence-corrected chi connectivity index (χ3v) is 5.07. The van der Waals surface area contributed by atoms with Crippen LogP contribution in [-0.4, -0.2) is 33.5 Å². The molecule has 156 valence electrons. The van der Waals surface area contributed by atoms with Gasteiger partial charge in [-0.25, -0.2) is 0 Å². The molecule has 0 N–H and O–H groups in total. The van der Waals surface area contributed by atoms with Crippen molar-refractivity contribution in [2.75, 3.05) is 27.4 Å². The Kier molecular flexibility index (Phi) is 8.11. The van der Waals surface area contributed by atoms with Gasteiger partial charge in [0.25, 0.3) is 0 Å². The number of benzene rings is 2. The van der Waals surface area contributed by atoms with Gasteiger partial charge in [-0.3, -0.25) is 0 Å². The fourth-order valence-electron chi connectivity index (χ4n) is 3.30. The average molecular weight is 398 g/mol. The van der Waals surface area contributed by atoms with Gasteiger partial charge < -0.3 is 23.7 Å². The van der Waals surface area contributed by atoms with Crippen LogP contribution in [0.5, 0.6) is 11.5 Å². The van der Waals surface area contributed by atoms with Crippen molar-refractivity contribution in [2.45, 2.75) is 32.3 Å². The molecule has 1 aliphatic rings. The summed E-state index contributed by atoms with van der Waals surface area (Å²) in [4.78, 5) is 0. The summed E-state index contributed by atoms with van der Waals surface area (Å²) in [6.45, 7) is 3.90. The number of rotatable bonds is 10. The summed E-state index contributed by atoms with van der Waals surface area (Å²) < 4.78 is 28.1. The van der Waals surface area contributed by atoms with Crippen molar-refractivity contribution in [2.24, 2.45) is 5.92 Å². The van der Waals surface area contributed by atoms with Crippen LogP contribution in [0.3, 0.4) is 0 Å². The standard InChI is InChI=1S/C24H30O5/c1-4-19(6-5-15-27-16-18-7-11-21(25-2)12-8-18)23-17-28-24(29-23)20-9-13-22(26-3)14-10-20/h5-14,19,23-24H,4,15-17H2,1-3H3/b6-5-/t19-,23+,24?/m1/s1. The van der Waals surface area contributed by atoms with Gasteiger partial charge in [-0.05, 0) is 36.2 Å². The van der Waals surface area contributed by atoms with Gasteiger partial charge in [0.1, 0.15) is 11.5 Å². The predicted molar refractivity (Wildman–Crippen MR) is 112 cm³/mol. The molecule has 29 heavy (non-hydrogen) atoms. The summed E-state index contributed by atoms with van der Waals surface area (Å²) in [7, 11) is 3.32. The van der Waals surface area contributed by atoms with E-state index in [2.05, 4.69) is 19.1 Å². The van der Waals surface area contributed by atoms with Gasteiger partial charge in [0, 0.05) is 11.5 Å². The van der Waals surface area contributed by atoms with Gasteiger partial charge in [0.05, 0.1) is 40.1 Å². The largest absolute Gasteiger partial charge is 0.497 e. The van der Waals surface area contributed by atoms with E-state index in [9.17, 15) is 0 Å². The molecule has 0 bridgehead atoms. The van der Waals surface area contributed by atoms with Gasteiger partial charge >= 0.3 is 0 Å². The van der Waals surface area contributed by atoms with Crippen LogP contribution in [0.4, 0.5) is 0 Å². The van der Waals surface area contributed by atoms with Crippen LogP contribution in [0.15, 0.2) is 60.7 Å². The van der Waals surface area contributed by atoms with E-state index in [0.29, 0.717) is 25.7 Å². The lowest BCUT2D eigenvalue weighted by molar-refractivity contribution is -0.0665. The van der Waals surface area contributed by atoms with Crippen molar-refractivity contribution in [1.29, 1.82) is 0 Å². The Balaban J connectivity index is 1.44. The van der Waals surface area contributed by atoms with Crippen molar-refractivity contribution in [3.8, 4) is 11.5 Å². The van der Waals surface area contributed by atoms with Crippen LogP contribution in [0.25, 0.3) is 0 Å². The van der Waals surface area contributed by atoms with Crippen molar-refractivity contribution in [3.63, 3.8) is 0 Å². The van der Waals surface area contributed by atoms with Crippen LogP contribution in [0.2, 0.25) is 0 Å². The van der Waals surface area contributed by atoms with Crippen molar-refractivity contribution in [3.05, 3.63) is 71.8 Å². The molecule has 1 saturated heterocycles. The molecular weight excluding hydrogens is 368 g/mol. The highest BCUT2D eigenvalue weighted by atomic mass is 16.7. The minimum absolute atomic E-state index is 0.0462. The molecule has 0 aliphatic carbocycles. The first-order valence-corrected chi connectivity index (χ1v) is 10.0. The van der Waals surface area contributed by atoms with Gasteiger partial charge in [-0.1, -0.05) is 43.3 Å². The summed E-state index contributed by atoms with van der Waals surface area (Å²) in [6, 6.07) is 15.7. The Bertz CT molecular complexity index is 754. The molecule has 3 rings (SSSR count). The summed E-state index contributed by atoms with van der Waals surface area (Å²) in [5.74, 6) is 1.97. The fourth-order valence-corrected chi connectivity index (χ4v) is 3.30. The van der Waals surface area contributed by atoms with E-state index in [0.717, 1.165) is 29.0 Å². The molecule has 1 heterocycles. The van der Waals surface area contributed by atoms with Crippen LogP contribution >= 0.6 is 0 Å². The second kappa shape index (κ2) is 11.0. The van der Waals surface area contributed by atoms with Crippen LogP contribution in [0, 0.1) is 5.92 Å². The van der Waals surface area contributed by atoms with E-state index >= 15 is 0 Å². The molecule has 0 amide bonds. The molecular formula is C24H30O5. The lowest BCUT2D eigenvalue weighted by atomic mass is 9.99. The SMILES string of the molecule is CC[C@H](/C=C\COCc1ccc(OC)cc1)[C@@H]1COC(c2ccc(OC)cc2)O1. The minimum Gasteiger partial charge on any atom is -0.497 e. The van der Waals surface area contributed by atoms with Crippen molar-refractivity contribution < 1.29 is 23.7 Å². The van der Waals surface area contributed by atoms with Gasteiger partial charge in [0.2, 0.25) is 0 Å². The molecule has 0 saturated carbocycles. The van der Waals surface area contributed by atoms with E-state index in [1.165, 1.54) is 0 Å². The Morgan fingerprint density at radius 2 is 1.66 bits per heavy atom. The van der Waals surface area contributed by atoms with Crippen molar-refractivity contribution >= 4 is 0 Å². The molecule has 5 nitrogen and oxygen atoms in total. The molecule has 0 spiro atoms. The predicted octanol–water partition coefficient (Wildman–Crippen LogP) is 4.92. The lowest BCUT2D eigenvalue weighted by Gasteiger charge is -2.18. The highest BCUT2D eigenvalue weighted by molar-refractivity contribution is 5.28. The molecule has 5 heteroatoms. The number of hydrogen-bond donors (Lipinski definition) is 0. The maximum absolute atomic E-state index is 6.16. The second-order valence-electron chi connectivity index (χ2n) is 6.98. The third-order valence-electron chi connectivity index (χ3n) is 5.07. The van der Waals surface area contributed by atoms with Gasteiger partial charge in [0.15, 0.2) is 6.29 Å². The second-order valence-corrected chi connectivity index (χ2v) is 6.98. The summed E-state index contributed by atoms with van der Waals surface area (Å²) in [6.07, 6.45) is 4.96. The molecule has 2 aromatic rings. The molecule has 0 aromatic heterocycles. The number of hydrogen-bond acceptors (Lipinski definition) is 5. The maximum atomic E-state index is 6.16. The number of methoxy groups -OCH3 is 2. The Labute approximate surface area is 173 Å². The Morgan fingerprint density at radius 3 is 2.28 bits per heavy atom. The van der Waals surface area contributed by atoms with Gasteiger partial charge in [-0.15, -0.1) is 0 Å². The smallest absolute Gasteiger partial charge is 0.184 e. The Hall–Kier alpha value is -2.34. The van der Waals surface area contributed by atoms with E-state index in [-0.39, 0.29) is 12.4 Å². The highest BCUT2D eigenvalue weighted by Gasteiger charge is 2.31. The number of ether oxygens (including phenoxy) is 5. The first-order chi connectivity index (χ1) is 14.2.